The van der Waals surface area contributed by atoms with E-state index < -0.39 is 0 Å². The molecule has 1 nitrogen and oxygen atoms in total. The van der Waals surface area contributed by atoms with Crippen molar-refractivity contribution in [1.29, 1.82) is 0 Å². The molecule has 0 aromatic heterocycles. The van der Waals surface area contributed by atoms with E-state index in [0.29, 0.717) is 0 Å². The molecule has 0 saturated carbocycles. The van der Waals surface area contributed by atoms with E-state index in [0.717, 1.165) is 17.7 Å². The highest BCUT2D eigenvalue weighted by Gasteiger charge is 2.07. The smallest absolute Gasteiger partial charge is 0.0459 e. The van der Waals surface area contributed by atoms with Gasteiger partial charge in [-0.3, -0.25) is 0 Å². The molecule has 0 bridgehead atoms. The average molecular weight is 206 g/mol. The zero-order valence-corrected chi connectivity index (χ0v) is 8.90. The number of fused-ring (bicyclic) bond motifs is 1. The first-order chi connectivity index (χ1) is 7.93. The summed E-state index contributed by atoms with van der Waals surface area (Å²) in [6, 6.07) is 7.60. The van der Waals surface area contributed by atoms with Crippen LogP contribution in [0, 0.1) is 6.07 Å². The van der Waals surface area contributed by atoms with E-state index in [-0.39, 0.29) is 0 Å². The lowest BCUT2D eigenvalue weighted by Crippen LogP contribution is -2.03. The van der Waals surface area contributed by atoms with Gasteiger partial charge in [0.1, 0.15) is 0 Å². The summed E-state index contributed by atoms with van der Waals surface area (Å²) in [4.78, 5) is 0. The molecular formula is C15H12N. The molecule has 1 aromatic carbocycles. The van der Waals surface area contributed by atoms with E-state index in [1.165, 1.54) is 11.1 Å². The molecule has 3 rings (SSSR count). The Morgan fingerprint density at radius 1 is 1.19 bits per heavy atom. The van der Waals surface area contributed by atoms with E-state index in [1.807, 2.05) is 24.4 Å². The topological polar surface area (TPSA) is 12.0 Å². The fraction of sp³-hybridized carbons (Fsp3) is 0.0667. The molecule has 0 fully saturated rings. The lowest BCUT2D eigenvalue weighted by atomic mass is 10.0. The van der Waals surface area contributed by atoms with E-state index in [4.69, 9.17) is 0 Å². The van der Waals surface area contributed by atoms with Crippen LogP contribution in [0.2, 0.25) is 0 Å². The van der Waals surface area contributed by atoms with E-state index in [9.17, 15) is 0 Å². The monoisotopic (exact) mass is 206 g/mol. The fourth-order valence-electron chi connectivity index (χ4n) is 1.96. The maximum absolute atomic E-state index is 3.33. The quantitative estimate of drug-likeness (QED) is 0.744. The molecule has 16 heavy (non-hydrogen) atoms. The maximum Gasteiger partial charge on any atom is 0.0459 e. The Kier molecular flexibility index (Phi) is 2.22. The Morgan fingerprint density at radius 3 is 3.19 bits per heavy atom. The Morgan fingerprint density at radius 2 is 2.19 bits per heavy atom. The van der Waals surface area contributed by atoms with Gasteiger partial charge in [0.25, 0.3) is 0 Å². The summed E-state index contributed by atoms with van der Waals surface area (Å²) in [7, 11) is 0. The molecule has 0 unspecified atom stereocenters. The van der Waals surface area contributed by atoms with Gasteiger partial charge in [-0.2, -0.15) is 0 Å². The van der Waals surface area contributed by atoms with Crippen molar-refractivity contribution in [2.24, 2.45) is 0 Å². The Bertz CT molecular complexity index is 530. The molecule has 2 aliphatic rings. The van der Waals surface area contributed by atoms with Crippen molar-refractivity contribution in [3.05, 3.63) is 71.5 Å². The van der Waals surface area contributed by atoms with Crippen molar-refractivity contribution in [1.82, 2.24) is 5.32 Å². The molecule has 1 aromatic rings. The van der Waals surface area contributed by atoms with Crippen LogP contribution in [0.5, 0.6) is 0 Å². The second-order valence-corrected chi connectivity index (χ2v) is 3.90. The van der Waals surface area contributed by atoms with Gasteiger partial charge in [0.2, 0.25) is 0 Å². The zero-order chi connectivity index (χ0) is 10.8. The lowest BCUT2D eigenvalue weighted by molar-refractivity contribution is 1.21. The Balaban J connectivity index is 2.01. The molecule has 1 aliphatic heterocycles. The third-order valence-corrected chi connectivity index (χ3v) is 2.82. The lowest BCUT2D eigenvalue weighted by Gasteiger charge is -2.08. The predicted molar refractivity (Wildman–Crippen MR) is 67.4 cm³/mol. The molecule has 1 radical (unpaired) electrons. The van der Waals surface area contributed by atoms with Gasteiger partial charge in [-0.1, -0.05) is 24.3 Å². The van der Waals surface area contributed by atoms with Crippen molar-refractivity contribution < 1.29 is 0 Å². The third-order valence-electron chi connectivity index (χ3n) is 2.82. The number of hydrogen-bond donors (Lipinski definition) is 1. The first kappa shape index (κ1) is 9.22. The number of hydrogen-bond acceptors (Lipinski definition) is 1. The van der Waals surface area contributed by atoms with Crippen LogP contribution in [-0.2, 0) is 6.42 Å². The Labute approximate surface area is 95.5 Å². The van der Waals surface area contributed by atoms with Crippen molar-refractivity contribution in [2.75, 3.05) is 0 Å². The second-order valence-electron chi connectivity index (χ2n) is 3.90. The van der Waals surface area contributed by atoms with Crippen molar-refractivity contribution in [3.63, 3.8) is 0 Å². The van der Waals surface area contributed by atoms with Crippen molar-refractivity contribution in [3.8, 4) is 0 Å². The summed E-state index contributed by atoms with van der Waals surface area (Å²) in [5, 5.41) is 3.25. The molecule has 1 N–H and O–H groups in total. The zero-order valence-electron chi connectivity index (χ0n) is 8.90. The van der Waals surface area contributed by atoms with Crippen LogP contribution < -0.4 is 5.32 Å². The molecule has 1 aliphatic carbocycles. The normalized spacial score (nSPS) is 16.6. The van der Waals surface area contributed by atoms with Gasteiger partial charge < -0.3 is 5.32 Å². The molecule has 1 heteroatoms. The molecule has 0 amide bonds. The molecular weight excluding hydrogens is 194 g/mol. The first-order valence-corrected chi connectivity index (χ1v) is 5.45. The van der Waals surface area contributed by atoms with Crippen LogP contribution >= 0.6 is 0 Å². The van der Waals surface area contributed by atoms with Crippen LogP contribution in [0.1, 0.15) is 16.7 Å². The van der Waals surface area contributed by atoms with Crippen LogP contribution in [0.15, 0.2) is 48.7 Å². The minimum Gasteiger partial charge on any atom is -0.361 e. The first-order valence-electron chi connectivity index (χ1n) is 5.45. The number of benzene rings is 1. The van der Waals surface area contributed by atoms with E-state index >= 15 is 0 Å². The minimum absolute atomic E-state index is 1.04. The van der Waals surface area contributed by atoms with Gasteiger partial charge in [-0.15, -0.1) is 0 Å². The van der Waals surface area contributed by atoms with Crippen molar-refractivity contribution in [2.45, 2.75) is 6.42 Å². The van der Waals surface area contributed by atoms with Crippen LogP contribution in [0.25, 0.3) is 11.8 Å². The summed E-state index contributed by atoms with van der Waals surface area (Å²) in [5.74, 6) is 0. The predicted octanol–water partition coefficient (Wildman–Crippen LogP) is 3.07. The second kappa shape index (κ2) is 3.86. The summed E-state index contributed by atoms with van der Waals surface area (Å²) in [6.07, 6.45) is 15.4. The molecule has 77 valence electrons. The van der Waals surface area contributed by atoms with Gasteiger partial charge in [0, 0.05) is 17.5 Å². The van der Waals surface area contributed by atoms with Crippen LogP contribution in [0.4, 0.5) is 0 Å². The van der Waals surface area contributed by atoms with Gasteiger partial charge >= 0.3 is 0 Å². The highest BCUT2D eigenvalue weighted by Crippen LogP contribution is 2.23. The number of rotatable bonds is 1. The summed E-state index contributed by atoms with van der Waals surface area (Å²) < 4.78 is 0. The van der Waals surface area contributed by atoms with E-state index in [2.05, 4.69) is 41.7 Å². The highest BCUT2D eigenvalue weighted by atomic mass is 14.8. The Hall–Kier alpha value is -2.02. The third kappa shape index (κ3) is 1.61. The molecule has 1 heterocycles. The summed E-state index contributed by atoms with van der Waals surface area (Å²) in [6.45, 7) is 0. The highest BCUT2D eigenvalue weighted by molar-refractivity contribution is 5.71. The average Bonchev–Trinajstić information content (AvgIpc) is 2.61. The van der Waals surface area contributed by atoms with Crippen molar-refractivity contribution >= 4 is 11.8 Å². The summed E-state index contributed by atoms with van der Waals surface area (Å²) >= 11 is 0. The molecule has 0 saturated heterocycles. The van der Waals surface area contributed by atoms with Crippen LogP contribution in [-0.4, -0.2) is 0 Å². The van der Waals surface area contributed by atoms with Gasteiger partial charge in [0.05, 0.1) is 0 Å². The largest absolute Gasteiger partial charge is 0.361 e. The van der Waals surface area contributed by atoms with Gasteiger partial charge in [-0.25, -0.2) is 0 Å². The van der Waals surface area contributed by atoms with E-state index in [1.54, 1.807) is 0 Å². The number of allylic oxidation sites excluding steroid dienone is 5. The SMILES string of the molecule is [c]1cc2c(cc1C1=CC=CC=CN1)C=CC2. The molecule has 0 spiro atoms. The number of nitrogens with one attached hydrogen (secondary N) is 1. The summed E-state index contributed by atoms with van der Waals surface area (Å²) in [5.41, 5.74) is 4.88. The minimum atomic E-state index is 1.04. The maximum atomic E-state index is 3.33. The van der Waals surface area contributed by atoms with Gasteiger partial charge in [0.15, 0.2) is 0 Å². The standard InChI is InChI=1S/C15H12N/c1-2-7-15(16-10-3-1)14-9-8-12-5-4-6-13(12)11-14/h1-4,6-8,10-11,16H,5H2. The van der Waals surface area contributed by atoms with Gasteiger partial charge in [-0.05, 0) is 47.9 Å². The van der Waals surface area contributed by atoms with Crippen LogP contribution in [0.3, 0.4) is 0 Å². The molecule has 0 atom stereocenters. The fourth-order valence-corrected chi connectivity index (χ4v) is 1.96.